The van der Waals surface area contributed by atoms with E-state index < -0.39 is 15.8 Å². The molecule has 3 rings (SSSR count). The predicted molar refractivity (Wildman–Crippen MR) is 82.9 cm³/mol. The number of fused-ring (bicyclic) bond motifs is 1. The number of hydrogen-bond acceptors (Lipinski definition) is 4. The van der Waals surface area contributed by atoms with Crippen LogP contribution in [0.25, 0.3) is 0 Å². The molecule has 122 valence electrons. The fourth-order valence-electron chi connectivity index (χ4n) is 2.22. The normalized spacial score (nSPS) is 13.8. The van der Waals surface area contributed by atoms with Crippen molar-refractivity contribution < 1.29 is 22.3 Å². The van der Waals surface area contributed by atoms with E-state index in [0.717, 1.165) is 18.2 Å². The van der Waals surface area contributed by atoms with E-state index in [4.69, 9.17) is 21.1 Å². The third-order valence-electron chi connectivity index (χ3n) is 3.28. The molecule has 0 saturated carbocycles. The Morgan fingerprint density at radius 2 is 1.96 bits per heavy atom. The molecule has 0 atom stereocenters. The van der Waals surface area contributed by atoms with Gasteiger partial charge in [-0.2, -0.15) is 0 Å². The van der Waals surface area contributed by atoms with E-state index in [2.05, 4.69) is 4.72 Å². The molecule has 0 aromatic heterocycles. The van der Waals surface area contributed by atoms with E-state index in [1.807, 2.05) is 0 Å². The minimum absolute atomic E-state index is 0.00255. The molecule has 2 aromatic rings. The van der Waals surface area contributed by atoms with Crippen molar-refractivity contribution in [1.29, 1.82) is 0 Å². The molecule has 0 radical (unpaired) electrons. The molecule has 0 fully saturated rings. The Hall–Kier alpha value is -1.83. The zero-order valence-electron chi connectivity index (χ0n) is 11.9. The third kappa shape index (κ3) is 3.41. The molecular weight excluding hydrogens is 345 g/mol. The number of sulfonamides is 1. The Bertz CT molecular complexity index is 841. The molecule has 2 aromatic carbocycles. The van der Waals surface area contributed by atoms with Crippen LogP contribution in [0.3, 0.4) is 0 Å². The number of halogens is 2. The van der Waals surface area contributed by atoms with Gasteiger partial charge in [0.05, 0.1) is 5.02 Å². The first-order valence-electron chi connectivity index (χ1n) is 6.79. The number of ether oxygens (including phenoxy) is 2. The molecule has 23 heavy (non-hydrogen) atoms. The fourth-order valence-corrected chi connectivity index (χ4v) is 3.75. The van der Waals surface area contributed by atoms with Gasteiger partial charge in [0, 0.05) is 12.1 Å². The van der Waals surface area contributed by atoms with Gasteiger partial charge in [-0.05, 0) is 24.3 Å². The topological polar surface area (TPSA) is 64.6 Å². The van der Waals surface area contributed by atoms with E-state index in [9.17, 15) is 12.8 Å². The Morgan fingerprint density at radius 3 is 2.74 bits per heavy atom. The van der Waals surface area contributed by atoms with E-state index in [1.54, 1.807) is 18.2 Å². The maximum atomic E-state index is 13.0. The largest absolute Gasteiger partial charge is 0.486 e. The molecule has 5 nitrogen and oxygen atoms in total. The molecule has 0 bridgehead atoms. The summed E-state index contributed by atoms with van der Waals surface area (Å²) in [4.78, 5) is -0.178. The Labute approximate surface area is 138 Å². The summed E-state index contributed by atoms with van der Waals surface area (Å²) in [6.07, 6.45) is 0. The van der Waals surface area contributed by atoms with Gasteiger partial charge in [-0.3, -0.25) is 0 Å². The average Bonchev–Trinajstić information content (AvgIpc) is 2.52. The van der Waals surface area contributed by atoms with E-state index >= 15 is 0 Å². The minimum atomic E-state index is -3.88. The highest BCUT2D eigenvalue weighted by molar-refractivity contribution is 7.89. The van der Waals surface area contributed by atoms with Crippen LogP contribution in [0.15, 0.2) is 41.3 Å². The maximum absolute atomic E-state index is 13.0. The highest BCUT2D eigenvalue weighted by atomic mass is 35.5. The number of rotatable bonds is 4. The molecular formula is C15H13ClFNO4S. The van der Waals surface area contributed by atoms with Gasteiger partial charge in [0.15, 0.2) is 11.5 Å². The highest BCUT2D eigenvalue weighted by Gasteiger charge is 2.21. The highest BCUT2D eigenvalue weighted by Crippen LogP contribution is 2.33. The predicted octanol–water partition coefficient (Wildman–Crippen LogP) is 2.73. The van der Waals surface area contributed by atoms with Gasteiger partial charge < -0.3 is 9.47 Å². The summed E-state index contributed by atoms with van der Waals surface area (Å²) in [5.41, 5.74) is 0.643. The van der Waals surface area contributed by atoms with Crippen molar-refractivity contribution in [3.05, 3.63) is 52.8 Å². The van der Waals surface area contributed by atoms with Crippen LogP contribution in [0.4, 0.5) is 4.39 Å². The second kappa shape index (κ2) is 6.35. The van der Waals surface area contributed by atoms with Gasteiger partial charge in [-0.15, -0.1) is 0 Å². The number of nitrogens with one attached hydrogen (secondary N) is 1. The summed E-state index contributed by atoms with van der Waals surface area (Å²) >= 11 is 5.81. The molecule has 0 unspecified atom stereocenters. The summed E-state index contributed by atoms with van der Waals surface area (Å²) in [7, 11) is -3.88. The van der Waals surface area contributed by atoms with Crippen molar-refractivity contribution in [1.82, 2.24) is 4.72 Å². The quantitative estimate of drug-likeness (QED) is 0.913. The molecule has 1 heterocycles. The first-order chi connectivity index (χ1) is 11.0. The standard InChI is InChI=1S/C15H13ClFNO4S/c16-12-8-11(17)4-5-14(12)23(19,20)18-9-10-2-1-3-13-15(10)22-7-6-21-13/h1-5,8,18H,6-7,9H2. The molecule has 0 saturated heterocycles. The lowest BCUT2D eigenvalue weighted by molar-refractivity contribution is 0.170. The van der Waals surface area contributed by atoms with Crippen LogP contribution in [0.2, 0.25) is 5.02 Å². The van der Waals surface area contributed by atoms with Crippen molar-refractivity contribution in [3.63, 3.8) is 0 Å². The summed E-state index contributed by atoms with van der Waals surface area (Å²) < 4.78 is 51.1. The molecule has 1 aliphatic rings. The summed E-state index contributed by atoms with van der Waals surface area (Å²) in [5.74, 6) is 0.496. The molecule has 1 N–H and O–H groups in total. The van der Waals surface area contributed by atoms with Crippen LogP contribution in [0.1, 0.15) is 5.56 Å². The van der Waals surface area contributed by atoms with Crippen molar-refractivity contribution in [2.45, 2.75) is 11.4 Å². The molecule has 0 amide bonds. The Morgan fingerprint density at radius 1 is 1.17 bits per heavy atom. The molecule has 0 spiro atoms. The average molecular weight is 358 g/mol. The lowest BCUT2D eigenvalue weighted by Crippen LogP contribution is -2.25. The summed E-state index contributed by atoms with van der Waals surface area (Å²) in [6, 6.07) is 8.37. The van der Waals surface area contributed by atoms with Crippen LogP contribution < -0.4 is 14.2 Å². The zero-order valence-corrected chi connectivity index (χ0v) is 13.5. The van der Waals surface area contributed by atoms with Crippen molar-refractivity contribution in [2.24, 2.45) is 0 Å². The second-order valence-electron chi connectivity index (χ2n) is 4.84. The van der Waals surface area contributed by atoms with Crippen molar-refractivity contribution in [3.8, 4) is 11.5 Å². The lowest BCUT2D eigenvalue weighted by atomic mass is 10.2. The van der Waals surface area contributed by atoms with Crippen molar-refractivity contribution in [2.75, 3.05) is 13.2 Å². The molecule has 0 aliphatic carbocycles. The van der Waals surface area contributed by atoms with Gasteiger partial charge in [-0.1, -0.05) is 23.7 Å². The van der Waals surface area contributed by atoms with Crippen LogP contribution in [-0.4, -0.2) is 21.6 Å². The second-order valence-corrected chi connectivity index (χ2v) is 6.98. The number of para-hydroxylation sites is 1. The summed E-state index contributed by atoms with van der Waals surface area (Å²) in [5, 5.41) is -0.174. The van der Waals surface area contributed by atoms with Crippen LogP contribution >= 0.6 is 11.6 Å². The maximum Gasteiger partial charge on any atom is 0.242 e. The summed E-state index contributed by atoms with van der Waals surface area (Å²) in [6.45, 7) is 0.858. The first-order valence-corrected chi connectivity index (χ1v) is 8.66. The SMILES string of the molecule is O=S(=O)(NCc1cccc2c1OCCO2)c1ccc(F)cc1Cl. The van der Waals surface area contributed by atoms with Crippen molar-refractivity contribution >= 4 is 21.6 Å². The number of hydrogen-bond donors (Lipinski definition) is 1. The zero-order chi connectivity index (χ0) is 16.4. The number of benzene rings is 2. The van der Waals surface area contributed by atoms with E-state index in [1.165, 1.54) is 0 Å². The van der Waals surface area contributed by atoms with Gasteiger partial charge in [0.2, 0.25) is 10.0 Å². The smallest absolute Gasteiger partial charge is 0.242 e. The van der Waals surface area contributed by atoms with Gasteiger partial charge in [0.1, 0.15) is 23.9 Å². The van der Waals surface area contributed by atoms with E-state index in [-0.39, 0.29) is 16.5 Å². The van der Waals surface area contributed by atoms with Crippen LogP contribution in [-0.2, 0) is 16.6 Å². The third-order valence-corrected chi connectivity index (χ3v) is 5.17. The fraction of sp³-hybridized carbons (Fsp3) is 0.200. The lowest BCUT2D eigenvalue weighted by Gasteiger charge is -2.21. The van der Waals surface area contributed by atoms with E-state index in [0.29, 0.717) is 30.3 Å². The monoisotopic (exact) mass is 357 g/mol. The molecule has 8 heteroatoms. The van der Waals surface area contributed by atoms with Gasteiger partial charge in [0.25, 0.3) is 0 Å². The Balaban J connectivity index is 1.83. The Kier molecular flexibility index (Phi) is 4.43. The van der Waals surface area contributed by atoms with Crippen LogP contribution in [0, 0.1) is 5.82 Å². The first kappa shape index (κ1) is 16.0. The minimum Gasteiger partial charge on any atom is -0.486 e. The van der Waals surface area contributed by atoms with Gasteiger partial charge in [-0.25, -0.2) is 17.5 Å². The van der Waals surface area contributed by atoms with Gasteiger partial charge >= 0.3 is 0 Å². The van der Waals surface area contributed by atoms with Crippen LogP contribution in [0.5, 0.6) is 11.5 Å². The molecule has 1 aliphatic heterocycles.